The molecule has 3 N–H and O–H groups in total. The quantitative estimate of drug-likeness (QED) is 0.280. The Morgan fingerprint density at radius 3 is 2.53 bits per heavy atom. The maximum Gasteiger partial charge on any atom is 0.417 e. The maximum absolute atomic E-state index is 13.7. The van der Waals surface area contributed by atoms with Gasteiger partial charge in [-0.05, 0) is 73.2 Å². The molecule has 0 amide bonds. The van der Waals surface area contributed by atoms with Crippen LogP contribution in [0.1, 0.15) is 11.1 Å². The molecule has 0 atom stereocenters. The summed E-state index contributed by atoms with van der Waals surface area (Å²) in [5.74, 6) is 0.343. The number of nitrogens with one attached hydrogen (secondary N) is 1. The van der Waals surface area contributed by atoms with Crippen LogP contribution in [0.2, 0.25) is 5.02 Å². The lowest BCUT2D eigenvalue weighted by atomic mass is 9.96. The number of alkyl halides is 3. The number of aromatic nitrogens is 1. The third-order valence-corrected chi connectivity index (χ3v) is 5.42. The number of aliphatic imine (C=N–C) groups is 2. The number of hydrogen-bond acceptors (Lipinski definition) is 7. The first kappa shape index (κ1) is 27.2. The largest absolute Gasteiger partial charge is 0.480 e. The van der Waals surface area contributed by atoms with Gasteiger partial charge in [0.05, 0.1) is 28.3 Å². The molecule has 0 unspecified atom stereocenters. The maximum atomic E-state index is 13.7. The first-order valence-electron chi connectivity index (χ1n) is 9.71. The van der Waals surface area contributed by atoms with Crippen LogP contribution in [0.3, 0.4) is 0 Å². The number of nitrogens with zero attached hydrogens (tertiary/aromatic N) is 3. The molecule has 11 heteroatoms. The minimum atomic E-state index is -4.53. The van der Waals surface area contributed by atoms with Crippen LogP contribution < -0.4 is 15.2 Å². The van der Waals surface area contributed by atoms with Crippen LogP contribution in [-0.4, -0.2) is 39.1 Å². The van der Waals surface area contributed by atoms with Crippen LogP contribution in [0.5, 0.6) is 5.88 Å². The van der Waals surface area contributed by atoms with E-state index in [0.717, 1.165) is 18.0 Å². The van der Waals surface area contributed by atoms with Gasteiger partial charge >= 0.3 is 6.18 Å². The highest BCUT2D eigenvalue weighted by molar-refractivity contribution is 8.00. The second-order valence-electron chi connectivity index (χ2n) is 6.44. The molecule has 0 fully saturated rings. The smallest absolute Gasteiger partial charge is 0.417 e. The van der Waals surface area contributed by atoms with E-state index < -0.39 is 11.7 Å². The molecule has 6 nitrogen and oxygen atoms in total. The lowest BCUT2D eigenvalue weighted by molar-refractivity contribution is -0.137. The molecule has 34 heavy (non-hydrogen) atoms. The molecule has 0 bridgehead atoms. The number of pyridine rings is 1. The van der Waals surface area contributed by atoms with Crippen molar-refractivity contribution in [3.63, 3.8) is 0 Å². The van der Waals surface area contributed by atoms with E-state index in [1.807, 2.05) is 0 Å². The first-order chi connectivity index (χ1) is 16.3. The lowest BCUT2D eigenvalue weighted by Gasteiger charge is -2.16. The molecule has 1 aromatic heterocycles. The Labute approximate surface area is 205 Å². The Bertz CT molecular complexity index is 1170. The van der Waals surface area contributed by atoms with Crippen molar-refractivity contribution >= 4 is 47.9 Å². The Balaban J connectivity index is 0.00000199. The van der Waals surface area contributed by atoms with Crippen molar-refractivity contribution in [3.05, 3.63) is 64.8 Å². The van der Waals surface area contributed by atoms with Crippen LogP contribution in [0.15, 0.2) is 63.5 Å². The summed E-state index contributed by atoms with van der Waals surface area (Å²) in [7, 11) is 4.54. The number of ether oxygens (including phenoxy) is 1. The molecule has 0 saturated carbocycles. The molecule has 0 aliphatic rings. The minimum absolute atomic E-state index is 0.0145. The molecule has 3 rings (SSSR count). The third kappa shape index (κ3) is 6.72. The number of nitrogens with two attached hydrogens (primary N) is 1. The highest BCUT2D eigenvalue weighted by Gasteiger charge is 2.34. The van der Waals surface area contributed by atoms with Crippen LogP contribution in [0.25, 0.3) is 11.1 Å². The van der Waals surface area contributed by atoms with Crippen LogP contribution in [-0.2, 0) is 6.18 Å². The van der Waals surface area contributed by atoms with Crippen molar-refractivity contribution < 1.29 is 17.9 Å². The second-order valence-corrected chi connectivity index (χ2v) is 7.73. The molecule has 0 spiro atoms. The van der Waals surface area contributed by atoms with Gasteiger partial charge < -0.3 is 15.2 Å². The van der Waals surface area contributed by atoms with Gasteiger partial charge in [-0.2, -0.15) is 13.2 Å². The fraction of sp³-hybridized carbons (Fsp3) is 0.174. The Hall–Kier alpha value is -3.08. The summed E-state index contributed by atoms with van der Waals surface area (Å²) < 4.78 is 49.4. The van der Waals surface area contributed by atoms with Crippen LogP contribution in [0, 0.1) is 0 Å². The van der Waals surface area contributed by atoms with Crippen molar-refractivity contribution in [2.24, 2.45) is 15.7 Å². The molecular formula is C23H23ClF3N5OS. The number of methoxy groups -OCH3 is 1. The third-order valence-electron chi connectivity index (χ3n) is 4.36. The predicted molar refractivity (Wildman–Crippen MR) is 135 cm³/mol. The molecule has 0 saturated heterocycles. The summed E-state index contributed by atoms with van der Waals surface area (Å²) >= 11 is 7.12. The van der Waals surface area contributed by atoms with E-state index in [-0.39, 0.29) is 5.56 Å². The van der Waals surface area contributed by atoms with E-state index in [1.165, 1.54) is 38.7 Å². The van der Waals surface area contributed by atoms with E-state index in [0.29, 0.717) is 38.3 Å². The molecule has 2 aromatic carbocycles. The van der Waals surface area contributed by atoms with Gasteiger partial charge in [0.25, 0.3) is 0 Å². The minimum Gasteiger partial charge on any atom is -0.480 e. The summed E-state index contributed by atoms with van der Waals surface area (Å²) in [4.78, 5) is 12.5. The van der Waals surface area contributed by atoms with Gasteiger partial charge in [-0.1, -0.05) is 17.7 Å². The van der Waals surface area contributed by atoms with Crippen LogP contribution in [0.4, 0.5) is 24.5 Å². The summed E-state index contributed by atoms with van der Waals surface area (Å²) in [6.45, 7) is 3.49. The van der Waals surface area contributed by atoms with Gasteiger partial charge in [0.15, 0.2) is 0 Å². The summed E-state index contributed by atoms with van der Waals surface area (Å²) in [6, 6.07) is 10.3. The number of rotatable bonds is 7. The van der Waals surface area contributed by atoms with Crippen molar-refractivity contribution in [2.75, 3.05) is 25.9 Å². The normalized spacial score (nSPS) is 11.1. The van der Waals surface area contributed by atoms with E-state index in [1.54, 1.807) is 31.3 Å². The molecule has 0 radical (unpaired) electrons. The molecule has 0 aliphatic heterocycles. The zero-order valence-corrected chi connectivity index (χ0v) is 20.2. The summed E-state index contributed by atoms with van der Waals surface area (Å²) in [5.41, 5.74) is 5.68. The lowest BCUT2D eigenvalue weighted by Crippen LogP contribution is -2.07. The summed E-state index contributed by atoms with van der Waals surface area (Å²) in [5, 5.41) is 0.407. The van der Waals surface area contributed by atoms with Gasteiger partial charge in [0.2, 0.25) is 5.88 Å². The topological polar surface area (TPSA) is 84.9 Å². The van der Waals surface area contributed by atoms with Gasteiger partial charge in [0, 0.05) is 30.7 Å². The van der Waals surface area contributed by atoms with Crippen molar-refractivity contribution in [2.45, 2.75) is 11.1 Å². The fourth-order valence-corrected chi connectivity index (χ4v) is 3.94. The zero-order valence-electron chi connectivity index (χ0n) is 18.7. The van der Waals surface area contributed by atoms with Crippen molar-refractivity contribution in [3.8, 4) is 17.0 Å². The fourth-order valence-electron chi connectivity index (χ4n) is 2.95. The number of benzene rings is 2. The van der Waals surface area contributed by atoms with Crippen molar-refractivity contribution in [1.29, 1.82) is 0 Å². The molecule has 1 heterocycles. The SMILES string of the molecule is C=Nc1ccc(-c2cc(NSc3cc(Cl)cnc3OC)ccc2C(F)(F)F)cc1C=NC.CN. The number of halogens is 4. The standard InChI is InChI=1S/C22H18ClF3N4OS.CH5N/c1-27-11-14-8-13(4-7-19(14)28-2)17-10-16(5-6-18(17)22(24,25)26)30-32-20-9-15(23)12-29-21(20)31-3;1-2/h4-12,30H,2H2,1,3H3;2H2,1H3. The number of anilines is 1. The highest BCUT2D eigenvalue weighted by Crippen LogP contribution is 2.40. The molecular weight excluding hydrogens is 487 g/mol. The van der Waals surface area contributed by atoms with Gasteiger partial charge in [0.1, 0.15) is 0 Å². The molecule has 0 aliphatic carbocycles. The molecule has 180 valence electrons. The monoisotopic (exact) mass is 509 g/mol. The zero-order chi connectivity index (χ0) is 25.3. The van der Waals surface area contributed by atoms with E-state index >= 15 is 0 Å². The second kappa shape index (κ2) is 12.4. The Morgan fingerprint density at radius 1 is 1.18 bits per heavy atom. The van der Waals surface area contributed by atoms with Gasteiger partial charge in [-0.3, -0.25) is 9.98 Å². The Kier molecular flexibility index (Phi) is 9.91. The van der Waals surface area contributed by atoms with E-state index in [9.17, 15) is 13.2 Å². The first-order valence-corrected chi connectivity index (χ1v) is 10.9. The average molecular weight is 510 g/mol. The van der Waals surface area contributed by atoms with Gasteiger partial charge in [-0.25, -0.2) is 4.98 Å². The van der Waals surface area contributed by atoms with E-state index in [2.05, 4.69) is 32.1 Å². The van der Waals surface area contributed by atoms with Gasteiger partial charge in [-0.15, -0.1) is 0 Å². The van der Waals surface area contributed by atoms with E-state index in [4.69, 9.17) is 16.3 Å². The molecule has 3 aromatic rings. The highest BCUT2D eigenvalue weighted by atomic mass is 35.5. The summed E-state index contributed by atoms with van der Waals surface area (Å²) in [6.07, 6.45) is -1.56. The average Bonchev–Trinajstić information content (AvgIpc) is 2.83. The number of hydrogen-bond donors (Lipinski definition) is 2. The Morgan fingerprint density at radius 2 is 1.91 bits per heavy atom. The van der Waals surface area contributed by atoms with Crippen molar-refractivity contribution in [1.82, 2.24) is 4.98 Å². The van der Waals surface area contributed by atoms with Crippen LogP contribution >= 0.6 is 23.5 Å². The predicted octanol–water partition coefficient (Wildman–Crippen LogP) is 6.50.